The van der Waals surface area contributed by atoms with Gasteiger partial charge in [-0.05, 0) is 26.0 Å². The van der Waals surface area contributed by atoms with Crippen molar-refractivity contribution in [2.24, 2.45) is 0 Å². The summed E-state index contributed by atoms with van der Waals surface area (Å²) in [6, 6.07) is 7.62. The number of benzene rings is 1. The highest BCUT2D eigenvalue weighted by molar-refractivity contribution is 5.81. The third kappa shape index (κ3) is 5.73. The fourth-order valence-corrected chi connectivity index (χ4v) is 1.57. The molecule has 110 valence electrons. The summed E-state index contributed by atoms with van der Waals surface area (Å²) in [7, 11) is 1.57. The highest BCUT2D eigenvalue weighted by Crippen LogP contribution is 2.11. The van der Waals surface area contributed by atoms with E-state index in [0.29, 0.717) is 6.61 Å². The predicted octanol–water partition coefficient (Wildman–Crippen LogP) is 1.79. The number of carbonyl (C=O) groups is 2. The van der Waals surface area contributed by atoms with Crippen molar-refractivity contribution in [2.45, 2.75) is 20.3 Å². The Kier molecular flexibility index (Phi) is 6.56. The summed E-state index contributed by atoms with van der Waals surface area (Å²) in [6.45, 7) is 4.30. The summed E-state index contributed by atoms with van der Waals surface area (Å²) < 4.78 is 10.3. The molecule has 0 bridgehead atoms. The molecule has 1 amide bonds. The molecule has 0 atom stereocenters. The molecule has 0 aliphatic heterocycles. The van der Waals surface area contributed by atoms with Crippen LogP contribution in [0.15, 0.2) is 24.3 Å². The number of hydrogen-bond acceptors (Lipinski definition) is 4. The highest BCUT2D eigenvalue weighted by Gasteiger charge is 2.13. The van der Waals surface area contributed by atoms with E-state index in [4.69, 9.17) is 9.47 Å². The van der Waals surface area contributed by atoms with Crippen LogP contribution in [0.5, 0.6) is 5.75 Å². The van der Waals surface area contributed by atoms with Crippen LogP contribution in [0.25, 0.3) is 0 Å². The van der Waals surface area contributed by atoms with E-state index in [1.165, 1.54) is 4.90 Å². The van der Waals surface area contributed by atoms with E-state index in [1.54, 1.807) is 14.0 Å². The van der Waals surface area contributed by atoms with Gasteiger partial charge in [-0.1, -0.05) is 17.7 Å². The van der Waals surface area contributed by atoms with Gasteiger partial charge >= 0.3 is 5.97 Å². The van der Waals surface area contributed by atoms with Crippen LogP contribution in [0.1, 0.15) is 18.9 Å². The van der Waals surface area contributed by atoms with Crippen LogP contribution in [0, 0.1) is 6.92 Å². The van der Waals surface area contributed by atoms with Gasteiger partial charge in [-0.2, -0.15) is 0 Å². The molecule has 0 aliphatic rings. The summed E-state index contributed by atoms with van der Waals surface area (Å²) in [5.74, 6) is 0.185. The SMILES string of the molecule is CCOC(=O)CN(C)C(=O)CCOc1ccc(C)cc1. The maximum absolute atomic E-state index is 11.8. The summed E-state index contributed by atoms with van der Waals surface area (Å²) in [4.78, 5) is 24.3. The molecule has 5 nitrogen and oxygen atoms in total. The molecule has 1 aromatic carbocycles. The van der Waals surface area contributed by atoms with Gasteiger partial charge in [0.05, 0.1) is 19.6 Å². The van der Waals surface area contributed by atoms with Crippen molar-refractivity contribution < 1.29 is 19.1 Å². The smallest absolute Gasteiger partial charge is 0.325 e. The molecule has 0 N–H and O–H groups in total. The monoisotopic (exact) mass is 279 g/mol. The third-order valence-electron chi connectivity index (χ3n) is 2.70. The molecule has 5 heteroatoms. The molecule has 0 saturated carbocycles. The first-order valence-corrected chi connectivity index (χ1v) is 6.62. The third-order valence-corrected chi connectivity index (χ3v) is 2.70. The molecule has 0 unspecified atom stereocenters. The summed E-state index contributed by atoms with van der Waals surface area (Å²) in [5, 5.41) is 0. The predicted molar refractivity (Wildman–Crippen MR) is 75.6 cm³/mol. The molecule has 20 heavy (non-hydrogen) atoms. The summed E-state index contributed by atoms with van der Waals surface area (Å²) in [5.41, 5.74) is 1.16. The number of rotatable bonds is 7. The number of esters is 1. The Morgan fingerprint density at radius 3 is 2.45 bits per heavy atom. The van der Waals surface area contributed by atoms with E-state index >= 15 is 0 Å². The first-order chi connectivity index (χ1) is 9.52. The fourth-order valence-electron chi connectivity index (χ4n) is 1.57. The van der Waals surface area contributed by atoms with Gasteiger partial charge in [0.25, 0.3) is 0 Å². The molecule has 0 radical (unpaired) electrons. The van der Waals surface area contributed by atoms with Gasteiger partial charge in [0.2, 0.25) is 5.91 Å². The second kappa shape index (κ2) is 8.19. The van der Waals surface area contributed by atoms with Crippen molar-refractivity contribution in [1.29, 1.82) is 0 Å². The Labute approximate surface area is 119 Å². The molecule has 1 rings (SSSR count). The topological polar surface area (TPSA) is 55.8 Å². The maximum atomic E-state index is 11.8. The lowest BCUT2D eigenvalue weighted by atomic mass is 10.2. The van der Waals surface area contributed by atoms with Crippen LogP contribution in [-0.4, -0.2) is 43.6 Å². The van der Waals surface area contributed by atoms with Gasteiger partial charge in [-0.15, -0.1) is 0 Å². The minimum atomic E-state index is -0.400. The van der Waals surface area contributed by atoms with E-state index in [0.717, 1.165) is 11.3 Å². The lowest BCUT2D eigenvalue weighted by molar-refractivity contribution is -0.148. The number of aryl methyl sites for hydroxylation is 1. The second-order valence-electron chi connectivity index (χ2n) is 4.47. The van der Waals surface area contributed by atoms with E-state index in [2.05, 4.69) is 0 Å². The number of amides is 1. The fraction of sp³-hybridized carbons (Fsp3) is 0.467. The quantitative estimate of drug-likeness (QED) is 0.714. The molecule has 1 aromatic rings. The van der Waals surface area contributed by atoms with Crippen molar-refractivity contribution in [2.75, 3.05) is 26.8 Å². The van der Waals surface area contributed by atoms with Crippen LogP contribution in [0.3, 0.4) is 0 Å². The highest BCUT2D eigenvalue weighted by atomic mass is 16.5. The molecule has 0 aliphatic carbocycles. The Bertz CT molecular complexity index is 442. The molecule has 0 saturated heterocycles. The maximum Gasteiger partial charge on any atom is 0.325 e. The molecule has 0 aromatic heterocycles. The molecule has 0 fully saturated rings. The average Bonchev–Trinajstić information content (AvgIpc) is 2.41. The zero-order chi connectivity index (χ0) is 15.0. The summed E-state index contributed by atoms with van der Waals surface area (Å²) in [6.07, 6.45) is 0.226. The van der Waals surface area contributed by atoms with Crippen molar-refractivity contribution in [1.82, 2.24) is 4.90 Å². The number of likely N-dealkylation sites (N-methyl/N-ethyl adjacent to an activating group) is 1. The van der Waals surface area contributed by atoms with Gasteiger partial charge in [0.1, 0.15) is 12.3 Å². The number of nitrogens with zero attached hydrogens (tertiary/aromatic N) is 1. The van der Waals surface area contributed by atoms with Crippen molar-refractivity contribution in [3.05, 3.63) is 29.8 Å². The van der Waals surface area contributed by atoms with Crippen molar-refractivity contribution in [3.63, 3.8) is 0 Å². The number of ether oxygens (including phenoxy) is 2. The zero-order valence-electron chi connectivity index (χ0n) is 12.2. The minimum Gasteiger partial charge on any atom is -0.493 e. The average molecular weight is 279 g/mol. The Balaban J connectivity index is 2.28. The van der Waals surface area contributed by atoms with Gasteiger partial charge in [-0.3, -0.25) is 9.59 Å². The van der Waals surface area contributed by atoms with Crippen LogP contribution >= 0.6 is 0 Å². The van der Waals surface area contributed by atoms with Crippen LogP contribution in [0.2, 0.25) is 0 Å². The molecule has 0 heterocycles. The van der Waals surface area contributed by atoms with Crippen molar-refractivity contribution >= 4 is 11.9 Å². The number of carbonyl (C=O) groups excluding carboxylic acids is 2. The second-order valence-corrected chi connectivity index (χ2v) is 4.47. The first kappa shape index (κ1) is 16.0. The van der Waals surface area contributed by atoms with E-state index in [9.17, 15) is 9.59 Å². The zero-order valence-corrected chi connectivity index (χ0v) is 12.2. The largest absolute Gasteiger partial charge is 0.493 e. The molecular formula is C15H21NO4. The van der Waals surface area contributed by atoms with E-state index in [-0.39, 0.29) is 25.5 Å². The van der Waals surface area contributed by atoms with Crippen molar-refractivity contribution in [3.8, 4) is 5.75 Å². The Hall–Kier alpha value is -2.04. The Morgan fingerprint density at radius 1 is 1.20 bits per heavy atom. The van der Waals surface area contributed by atoms with Gasteiger partial charge < -0.3 is 14.4 Å². The number of hydrogen-bond donors (Lipinski definition) is 0. The van der Waals surface area contributed by atoms with Crippen LogP contribution < -0.4 is 4.74 Å². The first-order valence-electron chi connectivity index (χ1n) is 6.62. The van der Waals surface area contributed by atoms with Gasteiger partial charge in [0.15, 0.2) is 0 Å². The molecular weight excluding hydrogens is 258 g/mol. The van der Waals surface area contributed by atoms with E-state index in [1.807, 2.05) is 31.2 Å². The normalized spacial score (nSPS) is 9.95. The minimum absolute atomic E-state index is 0.0306. The lowest BCUT2D eigenvalue weighted by Crippen LogP contribution is -2.33. The van der Waals surface area contributed by atoms with Crippen LogP contribution in [0.4, 0.5) is 0 Å². The lowest BCUT2D eigenvalue weighted by Gasteiger charge is -2.16. The Morgan fingerprint density at radius 2 is 1.85 bits per heavy atom. The standard InChI is InChI=1S/C15H21NO4/c1-4-19-15(18)11-16(3)14(17)9-10-20-13-7-5-12(2)6-8-13/h5-8H,4,9-11H2,1-3H3. The van der Waals surface area contributed by atoms with Crippen LogP contribution in [-0.2, 0) is 14.3 Å². The molecule has 0 spiro atoms. The van der Waals surface area contributed by atoms with Gasteiger partial charge in [-0.25, -0.2) is 0 Å². The van der Waals surface area contributed by atoms with E-state index < -0.39 is 5.97 Å². The summed E-state index contributed by atoms with van der Waals surface area (Å²) >= 11 is 0. The van der Waals surface area contributed by atoms with Gasteiger partial charge in [0, 0.05) is 7.05 Å².